The van der Waals surface area contributed by atoms with Crippen LogP contribution < -0.4 is 0 Å². The minimum Gasteiger partial charge on any atom is -0.235 e. The molecule has 2 aromatic heterocycles. The molecule has 3 aromatic carbocycles. The van der Waals surface area contributed by atoms with Gasteiger partial charge in [0.15, 0.2) is 0 Å². The second-order valence-corrected chi connectivity index (χ2v) is 12.1. The lowest BCUT2D eigenvalue weighted by atomic mass is 9.82. The van der Waals surface area contributed by atoms with Crippen LogP contribution in [0.4, 0.5) is 0 Å². The second-order valence-electron chi connectivity index (χ2n) is 11.1. The summed E-state index contributed by atoms with van der Waals surface area (Å²) in [6.45, 7) is 13.7. The van der Waals surface area contributed by atoms with Gasteiger partial charge in [0.25, 0.3) is 0 Å². The third kappa shape index (κ3) is 3.80. The lowest BCUT2D eigenvalue weighted by molar-refractivity contribution is 0.411. The van der Waals surface area contributed by atoms with Crippen molar-refractivity contribution in [2.24, 2.45) is 5.41 Å². The predicted octanol–water partition coefficient (Wildman–Crippen LogP) is 8.55. The second kappa shape index (κ2) is 7.38. The van der Waals surface area contributed by atoms with Crippen molar-refractivity contribution < 1.29 is 0 Å². The van der Waals surface area contributed by atoms with Gasteiger partial charge in [-0.05, 0) is 57.3 Å². The maximum Gasteiger partial charge on any atom is 0.116 e. The molecule has 0 amide bonds. The molecular weight excluding hydrogens is 408 g/mol. The molecule has 0 unspecified atom stereocenters. The van der Waals surface area contributed by atoms with Gasteiger partial charge >= 0.3 is 0 Å². The van der Waals surface area contributed by atoms with Crippen molar-refractivity contribution >= 4 is 42.4 Å². The SMILES string of the molecule is CC(C)(C)Cc1ccc2c(c1)sc1c(-c3cc(C(C)(C)C)c4ccccc4c3)ncnc12. The first-order valence-corrected chi connectivity index (χ1v) is 12.1. The molecule has 0 spiro atoms. The van der Waals surface area contributed by atoms with Crippen LogP contribution in [0, 0.1) is 5.41 Å². The largest absolute Gasteiger partial charge is 0.235 e. The van der Waals surface area contributed by atoms with Crippen molar-refractivity contribution in [1.29, 1.82) is 0 Å². The zero-order chi connectivity index (χ0) is 22.7. The van der Waals surface area contributed by atoms with E-state index in [2.05, 4.69) is 96.1 Å². The first-order valence-electron chi connectivity index (χ1n) is 11.3. The zero-order valence-electron chi connectivity index (χ0n) is 19.8. The number of thiophene rings is 1. The average Bonchev–Trinajstić information content (AvgIpc) is 3.08. The topological polar surface area (TPSA) is 25.8 Å². The van der Waals surface area contributed by atoms with Gasteiger partial charge < -0.3 is 0 Å². The Kier molecular flexibility index (Phi) is 4.86. The van der Waals surface area contributed by atoms with Crippen LogP contribution in [0.5, 0.6) is 0 Å². The normalized spacial score (nSPS) is 12.8. The highest BCUT2D eigenvalue weighted by Crippen LogP contribution is 2.41. The van der Waals surface area contributed by atoms with Gasteiger partial charge in [0.2, 0.25) is 0 Å². The lowest BCUT2D eigenvalue weighted by Crippen LogP contribution is -2.12. The maximum absolute atomic E-state index is 4.78. The van der Waals surface area contributed by atoms with E-state index in [-0.39, 0.29) is 10.8 Å². The molecule has 0 saturated heterocycles. The van der Waals surface area contributed by atoms with Gasteiger partial charge in [-0.3, -0.25) is 0 Å². The summed E-state index contributed by atoms with van der Waals surface area (Å²) in [5, 5.41) is 3.80. The zero-order valence-corrected chi connectivity index (χ0v) is 20.6. The van der Waals surface area contributed by atoms with Crippen LogP contribution in [0.15, 0.2) is 60.9 Å². The Bertz CT molecular complexity index is 1460. The van der Waals surface area contributed by atoms with Crippen molar-refractivity contribution in [2.45, 2.75) is 53.4 Å². The van der Waals surface area contributed by atoms with E-state index in [1.54, 1.807) is 6.33 Å². The molecule has 0 N–H and O–H groups in total. The number of rotatable bonds is 2. The highest BCUT2D eigenvalue weighted by molar-refractivity contribution is 7.26. The van der Waals surface area contributed by atoms with Gasteiger partial charge in [0.1, 0.15) is 6.33 Å². The lowest BCUT2D eigenvalue weighted by Gasteiger charge is -2.22. The summed E-state index contributed by atoms with van der Waals surface area (Å²) < 4.78 is 2.46. The number of fused-ring (bicyclic) bond motifs is 4. The summed E-state index contributed by atoms with van der Waals surface area (Å²) in [5.41, 5.74) is 6.31. The summed E-state index contributed by atoms with van der Waals surface area (Å²) in [4.78, 5) is 9.48. The van der Waals surface area contributed by atoms with Crippen molar-refractivity contribution in [2.75, 3.05) is 0 Å². The fraction of sp³-hybridized carbons (Fsp3) is 0.310. The van der Waals surface area contributed by atoms with E-state index in [4.69, 9.17) is 9.97 Å². The van der Waals surface area contributed by atoms with E-state index in [0.717, 1.165) is 17.6 Å². The monoisotopic (exact) mass is 438 g/mol. The average molecular weight is 439 g/mol. The van der Waals surface area contributed by atoms with Gasteiger partial charge in [-0.2, -0.15) is 0 Å². The highest BCUT2D eigenvalue weighted by Gasteiger charge is 2.20. The van der Waals surface area contributed by atoms with Crippen molar-refractivity contribution in [1.82, 2.24) is 9.97 Å². The third-order valence-corrected chi connectivity index (χ3v) is 7.14. The fourth-order valence-corrected chi connectivity index (χ4v) is 5.85. The third-order valence-electron chi connectivity index (χ3n) is 5.99. The van der Waals surface area contributed by atoms with Crippen LogP contribution in [-0.2, 0) is 11.8 Å². The summed E-state index contributed by atoms with van der Waals surface area (Å²) >= 11 is 1.82. The molecule has 0 atom stereocenters. The molecule has 0 aliphatic rings. The molecule has 0 fully saturated rings. The Morgan fingerprint density at radius 1 is 0.812 bits per heavy atom. The van der Waals surface area contributed by atoms with E-state index < -0.39 is 0 Å². The fourth-order valence-electron chi connectivity index (χ4n) is 4.61. The molecule has 5 rings (SSSR count). The Labute approximate surface area is 194 Å². The minimum absolute atomic E-state index is 0.0454. The molecule has 2 nitrogen and oxygen atoms in total. The number of benzene rings is 3. The number of hydrogen-bond donors (Lipinski definition) is 0. The first kappa shape index (κ1) is 21.1. The van der Waals surface area contributed by atoms with E-state index in [9.17, 15) is 0 Å². The molecule has 0 bridgehead atoms. The molecule has 0 aliphatic carbocycles. The minimum atomic E-state index is 0.0454. The summed E-state index contributed by atoms with van der Waals surface area (Å²) in [5.74, 6) is 0. The van der Waals surface area contributed by atoms with Crippen LogP contribution >= 0.6 is 11.3 Å². The Morgan fingerprint density at radius 3 is 2.34 bits per heavy atom. The van der Waals surface area contributed by atoms with Crippen LogP contribution in [-0.4, -0.2) is 9.97 Å². The molecule has 2 heterocycles. The summed E-state index contributed by atoms with van der Waals surface area (Å²) in [7, 11) is 0. The predicted molar refractivity (Wildman–Crippen MR) is 140 cm³/mol. The molecular formula is C29H30N2S. The van der Waals surface area contributed by atoms with Gasteiger partial charge in [-0.25, -0.2) is 9.97 Å². The summed E-state index contributed by atoms with van der Waals surface area (Å²) in [6, 6.07) is 20.1. The van der Waals surface area contributed by atoms with E-state index in [0.29, 0.717) is 0 Å². The molecule has 5 aromatic rings. The van der Waals surface area contributed by atoms with Crippen LogP contribution in [0.2, 0.25) is 0 Å². The van der Waals surface area contributed by atoms with Crippen LogP contribution in [0.25, 0.3) is 42.3 Å². The van der Waals surface area contributed by atoms with Crippen molar-refractivity contribution in [3.8, 4) is 11.3 Å². The highest BCUT2D eigenvalue weighted by atomic mass is 32.1. The van der Waals surface area contributed by atoms with Gasteiger partial charge in [-0.15, -0.1) is 11.3 Å². The molecule has 0 saturated carbocycles. The van der Waals surface area contributed by atoms with Crippen LogP contribution in [0.1, 0.15) is 52.7 Å². The number of hydrogen-bond acceptors (Lipinski definition) is 3. The summed E-state index contributed by atoms with van der Waals surface area (Å²) in [6.07, 6.45) is 2.79. The molecule has 0 aliphatic heterocycles. The van der Waals surface area contributed by atoms with E-state index in [1.807, 2.05) is 11.3 Å². The standard InChI is InChI=1S/C29H30N2S/c1-28(2,3)16-18-11-12-22-24(13-18)32-27-25(30-17-31-26(22)27)20-14-19-9-7-8-10-21(19)23(15-20)29(4,5)6/h7-15,17H,16H2,1-6H3. The Balaban J connectivity index is 1.74. The first-order chi connectivity index (χ1) is 15.1. The molecule has 162 valence electrons. The number of aromatic nitrogens is 2. The smallest absolute Gasteiger partial charge is 0.116 e. The van der Waals surface area contributed by atoms with Crippen molar-refractivity contribution in [3.63, 3.8) is 0 Å². The van der Waals surface area contributed by atoms with Gasteiger partial charge in [-0.1, -0.05) is 77.9 Å². The van der Waals surface area contributed by atoms with E-state index in [1.165, 1.54) is 42.2 Å². The Hall–Kier alpha value is -2.78. The molecule has 3 heteroatoms. The maximum atomic E-state index is 4.78. The van der Waals surface area contributed by atoms with Crippen molar-refractivity contribution in [3.05, 3.63) is 72.1 Å². The van der Waals surface area contributed by atoms with Gasteiger partial charge in [0, 0.05) is 15.6 Å². The Morgan fingerprint density at radius 2 is 1.59 bits per heavy atom. The van der Waals surface area contributed by atoms with E-state index >= 15 is 0 Å². The molecule has 32 heavy (non-hydrogen) atoms. The van der Waals surface area contributed by atoms with Crippen LogP contribution in [0.3, 0.4) is 0 Å². The molecule has 0 radical (unpaired) electrons. The number of nitrogens with zero attached hydrogens (tertiary/aromatic N) is 2. The quantitative estimate of drug-likeness (QED) is 0.276. The van der Waals surface area contributed by atoms with Gasteiger partial charge in [0.05, 0.1) is 15.9 Å².